The molecule has 0 fully saturated rings. The number of nitrogens with two attached hydrogens (primary N) is 1. The molecule has 2 unspecified atom stereocenters. The van der Waals surface area contributed by atoms with Gasteiger partial charge in [0, 0.05) is 13.0 Å². The minimum absolute atomic E-state index is 0.00815. The maximum absolute atomic E-state index is 12.6. The lowest BCUT2D eigenvalue weighted by Crippen LogP contribution is -2.41. The average molecular weight is 450 g/mol. The number of halogens is 3. The molecular formula is C21H21F3N4O4. The van der Waals surface area contributed by atoms with Crippen molar-refractivity contribution >= 4 is 23.2 Å². The quantitative estimate of drug-likeness (QED) is 0.566. The zero-order valence-electron chi connectivity index (χ0n) is 16.7. The van der Waals surface area contributed by atoms with E-state index in [1.807, 2.05) is 0 Å². The largest absolute Gasteiger partial charge is 0.491 e. The summed E-state index contributed by atoms with van der Waals surface area (Å²) in [7, 11) is 0. The van der Waals surface area contributed by atoms with Crippen LogP contribution in [-0.4, -0.2) is 47.9 Å². The molecule has 4 N–H and O–H groups in total. The first-order chi connectivity index (χ1) is 15.1. The van der Waals surface area contributed by atoms with Crippen molar-refractivity contribution in [2.75, 3.05) is 18.2 Å². The Kier molecular flexibility index (Phi) is 6.98. The number of hydrogen-bond acceptors (Lipinski definition) is 6. The summed E-state index contributed by atoms with van der Waals surface area (Å²) in [5, 5.41) is 18.1. The maximum atomic E-state index is 12.6. The summed E-state index contributed by atoms with van der Waals surface area (Å²) in [6, 6.07) is 12.0. The number of hydrogen-bond donors (Lipinski definition) is 3. The Bertz CT molecular complexity index is 981. The van der Waals surface area contributed by atoms with Crippen molar-refractivity contribution in [2.24, 2.45) is 10.8 Å². The molecule has 3 rings (SSSR count). The lowest BCUT2D eigenvalue weighted by atomic mass is 10.1. The molecule has 2 amide bonds. The second kappa shape index (κ2) is 9.69. The average Bonchev–Trinajstić information content (AvgIpc) is 3.22. The number of carbonyl (C=O) groups excluding carboxylic acids is 2. The number of anilines is 1. The van der Waals surface area contributed by atoms with Crippen LogP contribution in [0.2, 0.25) is 0 Å². The predicted octanol–water partition coefficient (Wildman–Crippen LogP) is 1.68. The highest BCUT2D eigenvalue weighted by atomic mass is 19.4. The summed E-state index contributed by atoms with van der Waals surface area (Å²) in [6.07, 6.45) is -5.57. The number of nitrogens with one attached hydrogen (secondary N) is 1. The normalized spacial score (nSPS) is 16.9. The van der Waals surface area contributed by atoms with E-state index in [2.05, 4.69) is 10.4 Å². The highest BCUT2D eigenvalue weighted by Crippen LogP contribution is 2.30. The van der Waals surface area contributed by atoms with Crippen LogP contribution in [0.4, 0.5) is 18.9 Å². The highest BCUT2D eigenvalue weighted by molar-refractivity contribution is 6.40. The standard InChI is InChI=1S/C21H21F3N4O4/c22-21(23,24)13-6-8-16(9-7-13)32-12-15(29)11-26-20(31)17-10-18(19(25)30)28(27-17)14-4-2-1-3-5-14/h1-9,15,18,29H,10-12H2,(H2,25,30)(H,26,31). The second-order valence-electron chi connectivity index (χ2n) is 7.05. The van der Waals surface area contributed by atoms with Crippen LogP contribution < -0.4 is 20.8 Å². The minimum Gasteiger partial charge on any atom is -0.491 e. The van der Waals surface area contributed by atoms with Crippen LogP contribution in [0, 0.1) is 0 Å². The number of aliphatic hydroxyl groups is 1. The molecule has 11 heteroatoms. The van der Waals surface area contributed by atoms with Crippen LogP contribution in [0.1, 0.15) is 12.0 Å². The Hall–Kier alpha value is -3.60. The molecular weight excluding hydrogens is 429 g/mol. The summed E-state index contributed by atoms with van der Waals surface area (Å²) in [4.78, 5) is 24.2. The van der Waals surface area contributed by atoms with Crippen molar-refractivity contribution in [2.45, 2.75) is 24.7 Å². The van der Waals surface area contributed by atoms with Gasteiger partial charge in [-0.2, -0.15) is 18.3 Å². The van der Waals surface area contributed by atoms with E-state index in [4.69, 9.17) is 10.5 Å². The third-order valence-electron chi connectivity index (χ3n) is 4.64. The van der Waals surface area contributed by atoms with E-state index in [0.29, 0.717) is 5.69 Å². The van der Waals surface area contributed by atoms with Crippen LogP contribution in [0.15, 0.2) is 59.7 Å². The SMILES string of the molecule is NC(=O)C1CC(C(=O)NCC(O)COc2ccc(C(F)(F)F)cc2)=NN1c1ccccc1. The van der Waals surface area contributed by atoms with E-state index >= 15 is 0 Å². The van der Waals surface area contributed by atoms with Crippen molar-refractivity contribution < 1.29 is 32.6 Å². The molecule has 1 aliphatic heterocycles. The van der Waals surface area contributed by atoms with E-state index in [9.17, 15) is 27.9 Å². The fourth-order valence-corrected chi connectivity index (χ4v) is 2.99. The molecule has 32 heavy (non-hydrogen) atoms. The molecule has 0 radical (unpaired) electrons. The fraction of sp³-hybridized carbons (Fsp3) is 0.286. The Morgan fingerprint density at radius 3 is 2.44 bits per heavy atom. The van der Waals surface area contributed by atoms with Crippen LogP contribution >= 0.6 is 0 Å². The van der Waals surface area contributed by atoms with Gasteiger partial charge < -0.3 is 20.9 Å². The molecule has 8 nitrogen and oxygen atoms in total. The molecule has 170 valence electrons. The summed E-state index contributed by atoms with van der Waals surface area (Å²) >= 11 is 0. The summed E-state index contributed by atoms with van der Waals surface area (Å²) in [6.45, 7) is -0.441. The summed E-state index contributed by atoms with van der Waals surface area (Å²) in [5.41, 5.74) is 5.30. The molecule has 0 saturated carbocycles. The molecule has 1 heterocycles. The molecule has 2 aromatic rings. The second-order valence-corrected chi connectivity index (χ2v) is 7.05. The van der Waals surface area contributed by atoms with Gasteiger partial charge in [-0.3, -0.25) is 14.6 Å². The molecule has 0 spiro atoms. The van der Waals surface area contributed by atoms with Crippen molar-refractivity contribution in [3.8, 4) is 5.75 Å². The monoisotopic (exact) mass is 450 g/mol. The molecule has 0 saturated heterocycles. The summed E-state index contributed by atoms with van der Waals surface area (Å²) in [5.74, 6) is -1.07. The zero-order valence-corrected chi connectivity index (χ0v) is 16.7. The lowest BCUT2D eigenvalue weighted by molar-refractivity contribution is -0.137. The van der Waals surface area contributed by atoms with E-state index in [1.165, 1.54) is 5.01 Å². The van der Waals surface area contributed by atoms with E-state index in [1.54, 1.807) is 30.3 Å². The van der Waals surface area contributed by atoms with E-state index in [0.717, 1.165) is 24.3 Å². The Balaban J connectivity index is 1.52. The minimum atomic E-state index is -4.45. The smallest absolute Gasteiger partial charge is 0.416 e. The van der Waals surface area contributed by atoms with Gasteiger partial charge >= 0.3 is 6.18 Å². The van der Waals surface area contributed by atoms with Gasteiger partial charge in [0.1, 0.15) is 30.2 Å². The number of nitrogens with zero attached hydrogens (tertiary/aromatic N) is 2. The van der Waals surface area contributed by atoms with Gasteiger partial charge in [0.25, 0.3) is 5.91 Å². The van der Waals surface area contributed by atoms with Crippen LogP contribution in [0.3, 0.4) is 0 Å². The van der Waals surface area contributed by atoms with Crippen LogP contribution in [0.25, 0.3) is 0 Å². The number of hydrazone groups is 1. The first kappa shape index (κ1) is 23.1. The fourth-order valence-electron chi connectivity index (χ4n) is 2.99. The predicted molar refractivity (Wildman–Crippen MR) is 110 cm³/mol. The van der Waals surface area contributed by atoms with Crippen LogP contribution in [0.5, 0.6) is 5.75 Å². The topological polar surface area (TPSA) is 117 Å². The van der Waals surface area contributed by atoms with E-state index in [-0.39, 0.29) is 31.0 Å². The molecule has 2 aromatic carbocycles. The number of carbonyl (C=O) groups is 2. The van der Waals surface area contributed by atoms with Crippen molar-refractivity contribution in [1.29, 1.82) is 0 Å². The molecule has 2 atom stereocenters. The molecule has 0 bridgehead atoms. The first-order valence-corrected chi connectivity index (χ1v) is 9.62. The maximum Gasteiger partial charge on any atom is 0.416 e. The third-order valence-corrected chi connectivity index (χ3v) is 4.64. The van der Waals surface area contributed by atoms with Crippen molar-refractivity contribution in [3.63, 3.8) is 0 Å². The van der Waals surface area contributed by atoms with Gasteiger partial charge in [0.2, 0.25) is 5.91 Å². The number of primary amides is 1. The van der Waals surface area contributed by atoms with Gasteiger partial charge in [-0.15, -0.1) is 0 Å². The number of para-hydroxylation sites is 1. The molecule has 0 aliphatic carbocycles. The number of rotatable bonds is 8. The molecule has 0 aromatic heterocycles. The highest BCUT2D eigenvalue weighted by Gasteiger charge is 2.35. The van der Waals surface area contributed by atoms with Crippen molar-refractivity contribution in [3.05, 3.63) is 60.2 Å². The third kappa shape index (κ3) is 5.76. The number of amides is 2. The van der Waals surface area contributed by atoms with Gasteiger partial charge in [-0.05, 0) is 36.4 Å². The Morgan fingerprint density at radius 2 is 1.84 bits per heavy atom. The molecule has 1 aliphatic rings. The number of aliphatic hydroxyl groups excluding tert-OH is 1. The van der Waals surface area contributed by atoms with Crippen LogP contribution in [-0.2, 0) is 15.8 Å². The Morgan fingerprint density at radius 1 is 1.19 bits per heavy atom. The number of ether oxygens (including phenoxy) is 1. The Labute approximate surface area is 181 Å². The van der Waals surface area contributed by atoms with Gasteiger partial charge in [0.05, 0.1) is 11.3 Å². The van der Waals surface area contributed by atoms with Crippen molar-refractivity contribution in [1.82, 2.24) is 5.32 Å². The first-order valence-electron chi connectivity index (χ1n) is 9.62. The zero-order chi connectivity index (χ0) is 23.3. The lowest BCUT2D eigenvalue weighted by Gasteiger charge is -2.20. The van der Waals surface area contributed by atoms with Gasteiger partial charge in [0.15, 0.2) is 0 Å². The number of benzene rings is 2. The van der Waals surface area contributed by atoms with E-state index < -0.39 is 35.7 Å². The number of alkyl halides is 3. The van der Waals surface area contributed by atoms with Gasteiger partial charge in [-0.1, -0.05) is 18.2 Å². The summed E-state index contributed by atoms with van der Waals surface area (Å²) < 4.78 is 43.0. The van der Waals surface area contributed by atoms with Gasteiger partial charge in [-0.25, -0.2) is 0 Å².